The maximum Gasteiger partial charge on any atom is 0.407 e. The van der Waals surface area contributed by atoms with E-state index < -0.39 is 48.9 Å². The highest BCUT2D eigenvalue weighted by Gasteiger charge is 2.48. The number of amides is 1. The fourth-order valence-corrected chi connectivity index (χ4v) is 2.86. The Morgan fingerprint density at radius 3 is 2.80 bits per heavy atom. The summed E-state index contributed by atoms with van der Waals surface area (Å²) in [5, 5.41) is 37.5. The third kappa shape index (κ3) is 6.60. The summed E-state index contributed by atoms with van der Waals surface area (Å²) in [6.45, 7) is 4.88. The van der Waals surface area contributed by atoms with Crippen LogP contribution >= 0.6 is 0 Å². The number of nitrogens with one attached hydrogen (secondary N) is 3. The van der Waals surface area contributed by atoms with Crippen LogP contribution in [0.2, 0.25) is 0 Å². The van der Waals surface area contributed by atoms with E-state index in [1.165, 1.54) is 5.01 Å². The molecule has 2 unspecified atom stereocenters. The lowest BCUT2D eigenvalue weighted by Crippen LogP contribution is -2.66. The Morgan fingerprint density at radius 1 is 1.43 bits per heavy atom. The van der Waals surface area contributed by atoms with Crippen molar-refractivity contribution in [1.29, 1.82) is 0 Å². The van der Waals surface area contributed by atoms with E-state index in [4.69, 9.17) is 19.7 Å². The number of carbonyl (C=O) groups excluding carboxylic acids is 1. The molecule has 0 aromatic carbocycles. The maximum atomic E-state index is 11.8. The first kappa shape index (κ1) is 24.0. The molecular formula is C16H29N7O7. The molecule has 14 nitrogen and oxygen atoms in total. The quantitative estimate of drug-likeness (QED) is 0.118. The molecule has 6 N–H and O–H groups in total. The van der Waals surface area contributed by atoms with Crippen LogP contribution in [0, 0.1) is 0 Å². The molecular weight excluding hydrogens is 402 g/mol. The van der Waals surface area contributed by atoms with Crippen molar-refractivity contribution in [2.75, 3.05) is 26.3 Å². The molecule has 2 aliphatic rings. The van der Waals surface area contributed by atoms with Crippen LogP contribution in [-0.4, -0.2) is 89.0 Å². The first-order valence-corrected chi connectivity index (χ1v) is 9.38. The number of alkyl carbamates (subject to hydrolysis) is 1. The van der Waals surface area contributed by atoms with E-state index in [1.807, 2.05) is 0 Å². The largest absolute Gasteiger partial charge is 0.444 e. The van der Waals surface area contributed by atoms with Crippen molar-refractivity contribution in [2.45, 2.75) is 57.0 Å². The van der Waals surface area contributed by atoms with E-state index in [-0.39, 0.29) is 19.7 Å². The SMILES string of the molecule is CC(C)(C)OC(=O)NCC1=CN(C2[C@@H](OCCN=[N+]=[N-])OC(CO)[C@@H](O)[C@@H]2O)NN1. The second kappa shape index (κ2) is 10.6. The standard InChI is InChI=1S/C16H29N7O7/c1-16(2,3)30-15(27)18-6-9-7-23(22-20-9)11-13(26)12(25)10(8-24)29-14(11)28-5-4-19-21-17/h7,10-14,20,22,24-26H,4-6,8H2,1-3H3,(H,18,27)/t10?,11?,12-,13-,14+/m1/s1. The van der Waals surface area contributed by atoms with Crippen LogP contribution < -0.4 is 16.3 Å². The Balaban J connectivity index is 2.03. The van der Waals surface area contributed by atoms with Gasteiger partial charge in [0.25, 0.3) is 0 Å². The van der Waals surface area contributed by atoms with Crippen LogP contribution in [0.5, 0.6) is 0 Å². The average molecular weight is 431 g/mol. The molecule has 30 heavy (non-hydrogen) atoms. The topological polar surface area (TPSA) is 194 Å². The van der Waals surface area contributed by atoms with E-state index >= 15 is 0 Å². The van der Waals surface area contributed by atoms with Crippen LogP contribution in [0.15, 0.2) is 17.0 Å². The Morgan fingerprint density at radius 2 is 2.17 bits per heavy atom. The van der Waals surface area contributed by atoms with Crippen LogP contribution in [0.3, 0.4) is 0 Å². The van der Waals surface area contributed by atoms with Gasteiger partial charge in [-0.2, -0.15) is 0 Å². The molecule has 1 fully saturated rings. The molecule has 0 aromatic heterocycles. The second-order valence-electron chi connectivity index (χ2n) is 7.68. The summed E-state index contributed by atoms with van der Waals surface area (Å²) in [6.07, 6.45) is -3.85. The summed E-state index contributed by atoms with van der Waals surface area (Å²) in [7, 11) is 0. The molecule has 0 aliphatic carbocycles. The van der Waals surface area contributed by atoms with Crippen molar-refractivity contribution in [1.82, 2.24) is 21.3 Å². The van der Waals surface area contributed by atoms with E-state index in [9.17, 15) is 20.1 Å². The fraction of sp³-hybridized carbons (Fsp3) is 0.812. The van der Waals surface area contributed by atoms with Crippen LogP contribution in [0.4, 0.5) is 4.79 Å². The molecule has 0 aromatic rings. The van der Waals surface area contributed by atoms with Gasteiger partial charge in [-0.05, 0) is 26.3 Å². The van der Waals surface area contributed by atoms with E-state index in [0.29, 0.717) is 5.70 Å². The van der Waals surface area contributed by atoms with Crippen LogP contribution in [0.1, 0.15) is 20.8 Å². The first-order chi connectivity index (χ1) is 14.2. The van der Waals surface area contributed by atoms with Crippen molar-refractivity contribution >= 4 is 6.09 Å². The van der Waals surface area contributed by atoms with Crippen LogP contribution in [0.25, 0.3) is 10.4 Å². The molecule has 0 spiro atoms. The highest BCUT2D eigenvalue weighted by atomic mass is 16.7. The van der Waals surface area contributed by atoms with Crippen molar-refractivity contribution in [3.05, 3.63) is 22.3 Å². The first-order valence-electron chi connectivity index (χ1n) is 9.38. The lowest BCUT2D eigenvalue weighted by atomic mass is 9.96. The number of hydrogen-bond acceptors (Lipinski definition) is 11. The van der Waals surface area contributed by atoms with Crippen LogP contribution in [-0.2, 0) is 14.2 Å². The summed E-state index contributed by atoms with van der Waals surface area (Å²) in [5.41, 5.74) is 13.9. The van der Waals surface area contributed by atoms with Gasteiger partial charge in [-0.15, -0.1) is 5.53 Å². The van der Waals surface area contributed by atoms with E-state index in [0.717, 1.165) is 0 Å². The summed E-state index contributed by atoms with van der Waals surface area (Å²) in [6, 6.07) is -0.916. The Kier molecular flexibility index (Phi) is 8.49. The summed E-state index contributed by atoms with van der Waals surface area (Å²) < 4.78 is 16.3. The number of aliphatic hydroxyl groups excluding tert-OH is 3. The summed E-state index contributed by atoms with van der Waals surface area (Å²) in [4.78, 5) is 14.4. The number of rotatable bonds is 8. The van der Waals surface area contributed by atoms with E-state index in [1.54, 1.807) is 27.0 Å². The predicted molar refractivity (Wildman–Crippen MR) is 102 cm³/mol. The van der Waals surface area contributed by atoms with Gasteiger partial charge >= 0.3 is 6.09 Å². The van der Waals surface area contributed by atoms with Gasteiger partial charge in [0.15, 0.2) is 6.29 Å². The molecule has 5 atom stereocenters. The van der Waals surface area contributed by atoms with E-state index in [2.05, 4.69) is 26.3 Å². The summed E-state index contributed by atoms with van der Waals surface area (Å²) >= 11 is 0. The molecule has 1 saturated heterocycles. The molecule has 2 rings (SSSR count). The zero-order chi connectivity index (χ0) is 22.3. The predicted octanol–water partition coefficient (Wildman–Crippen LogP) is -1.19. The molecule has 14 heteroatoms. The van der Waals surface area contributed by atoms with Gasteiger partial charge in [-0.25, -0.2) is 4.79 Å². The zero-order valence-corrected chi connectivity index (χ0v) is 17.1. The molecule has 2 heterocycles. The molecule has 0 radical (unpaired) electrons. The van der Waals surface area contributed by atoms with Crippen molar-refractivity contribution < 1.29 is 34.3 Å². The molecule has 2 aliphatic heterocycles. The zero-order valence-electron chi connectivity index (χ0n) is 17.1. The van der Waals surface area contributed by atoms with Gasteiger partial charge in [-0.3, -0.25) is 5.01 Å². The number of ether oxygens (including phenoxy) is 3. The lowest BCUT2D eigenvalue weighted by molar-refractivity contribution is -0.286. The van der Waals surface area contributed by atoms with Gasteiger partial charge in [-0.1, -0.05) is 5.11 Å². The van der Waals surface area contributed by atoms with Crippen molar-refractivity contribution in [3.8, 4) is 0 Å². The molecule has 170 valence electrons. The fourth-order valence-electron chi connectivity index (χ4n) is 2.86. The maximum absolute atomic E-state index is 11.8. The number of hydrogen-bond donors (Lipinski definition) is 6. The van der Waals surface area contributed by atoms with Gasteiger partial charge in [0.1, 0.15) is 30.0 Å². The van der Waals surface area contributed by atoms with Gasteiger partial charge < -0.3 is 40.3 Å². The minimum Gasteiger partial charge on any atom is -0.444 e. The van der Waals surface area contributed by atoms with Gasteiger partial charge in [0.2, 0.25) is 0 Å². The Labute approximate surface area is 173 Å². The smallest absolute Gasteiger partial charge is 0.407 e. The number of nitrogens with zero attached hydrogens (tertiary/aromatic N) is 4. The lowest BCUT2D eigenvalue weighted by Gasteiger charge is -2.45. The minimum absolute atomic E-state index is 0.00420. The van der Waals surface area contributed by atoms with Gasteiger partial charge in [0, 0.05) is 17.7 Å². The second-order valence-corrected chi connectivity index (χ2v) is 7.68. The average Bonchev–Trinajstić information content (AvgIpc) is 3.13. The molecule has 1 amide bonds. The Bertz CT molecular complexity index is 665. The number of azide groups is 1. The molecule has 0 bridgehead atoms. The van der Waals surface area contributed by atoms with Crippen molar-refractivity contribution in [2.24, 2.45) is 5.11 Å². The highest BCUT2D eigenvalue weighted by molar-refractivity contribution is 5.68. The summed E-state index contributed by atoms with van der Waals surface area (Å²) in [5.74, 6) is 0. The van der Waals surface area contributed by atoms with Gasteiger partial charge in [0.05, 0.1) is 25.5 Å². The third-order valence-corrected chi connectivity index (χ3v) is 4.17. The monoisotopic (exact) mass is 431 g/mol. The number of aliphatic hydroxyl groups is 3. The Hall–Kier alpha value is -2.32. The normalized spacial score (nSPS) is 28.9. The van der Waals surface area contributed by atoms with Crippen molar-refractivity contribution in [3.63, 3.8) is 0 Å². The third-order valence-electron chi connectivity index (χ3n) is 4.17. The molecule has 0 saturated carbocycles. The number of hydrazine groups is 2. The number of carbonyl (C=O) groups is 1. The highest BCUT2D eigenvalue weighted by Crippen LogP contribution is 2.26. The minimum atomic E-state index is -1.36.